The van der Waals surface area contributed by atoms with Crippen LogP contribution in [0.15, 0.2) is 0 Å². The van der Waals surface area contributed by atoms with Gasteiger partial charge in [-0.05, 0) is 56.3 Å². The Balaban J connectivity index is 1.21. The van der Waals surface area contributed by atoms with Crippen LogP contribution in [0.25, 0.3) is 0 Å². The van der Waals surface area contributed by atoms with Crippen molar-refractivity contribution in [3.05, 3.63) is 0 Å². The third-order valence-corrected chi connectivity index (χ3v) is 8.91. The van der Waals surface area contributed by atoms with E-state index < -0.39 is 10.0 Å². The quantitative estimate of drug-likeness (QED) is 0.733. The van der Waals surface area contributed by atoms with Gasteiger partial charge >= 0.3 is 0 Å². The van der Waals surface area contributed by atoms with Crippen molar-refractivity contribution < 1.29 is 17.9 Å². The van der Waals surface area contributed by atoms with Crippen molar-refractivity contribution in [2.75, 3.05) is 32.9 Å². The second-order valence-electron chi connectivity index (χ2n) is 8.47. The molecule has 0 unspecified atom stereocenters. The molecular weight excluding hydrogens is 326 g/mol. The van der Waals surface area contributed by atoms with Crippen molar-refractivity contribution in [2.45, 2.75) is 69.1 Å². The molecule has 6 heteroatoms. The van der Waals surface area contributed by atoms with E-state index in [1.165, 1.54) is 25.7 Å². The van der Waals surface area contributed by atoms with Crippen LogP contribution in [0, 0.1) is 11.3 Å². The normalized spacial score (nSPS) is 31.9. The largest absolute Gasteiger partial charge is 0.378 e. The predicted octanol–water partition coefficient (Wildman–Crippen LogP) is 2.56. The first kappa shape index (κ1) is 17.3. The highest BCUT2D eigenvalue weighted by Gasteiger charge is 2.47. The molecule has 1 atom stereocenters. The zero-order valence-corrected chi connectivity index (χ0v) is 15.4. The van der Waals surface area contributed by atoms with Crippen LogP contribution < -0.4 is 0 Å². The first-order valence-electron chi connectivity index (χ1n) is 9.76. The summed E-state index contributed by atoms with van der Waals surface area (Å²) >= 11 is 0. The smallest absolute Gasteiger partial charge is 0.216 e. The molecule has 0 radical (unpaired) electrons. The molecule has 4 aliphatic rings. The van der Waals surface area contributed by atoms with E-state index >= 15 is 0 Å². The molecular formula is C18H31NO4S. The molecule has 2 saturated carbocycles. The lowest BCUT2D eigenvalue weighted by atomic mass is 9.77. The molecule has 1 spiro atoms. The van der Waals surface area contributed by atoms with Gasteiger partial charge in [-0.2, -0.15) is 0 Å². The van der Waals surface area contributed by atoms with E-state index in [1.54, 1.807) is 4.31 Å². The number of nitrogens with zero attached hydrogens (tertiary/aromatic N) is 1. The molecule has 0 bridgehead atoms. The van der Waals surface area contributed by atoms with Crippen LogP contribution in [-0.4, -0.2) is 57.0 Å². The third-order valence-electron chi connectivity index (χ3n) is 6.51. The van der Waals surface area contributed by atoms with Gasteiger partial charge in [-0.15, -0.1) is 0 Å². The van der Waals surface area contributed by atoms with Gasteiger partial charge in [-0.3, -0.25) is 0 Å². The lowest BCUT2D eigenvalue weighted by Gasteiger charge is -2.37. The standard InChI is InChI=1S/C18H31NO4S/c20-24(21,17-5-6-17)19-9-7-18(8-10-19)11-16(23-14-18)13-22-12-15-3-1-2-4-15/h15-17H,1-14H2/t16-/m1/s1. The van der Waals surface area contributed by atoms with E-state index in [-0.39, 0.29) is 16.8 Å². The summed E-state index contributed by atoms with van der Waals surface area (Å²) in [6, 6.07) is 0. The van der Waals surface area contributed by atoms with Crippen LogP contribution in [-0.2, 0) is 19.5 Å². The Morgan fingerprint density at radius 2 is 1.75 bits per heavy atom. The van der Waals surface area contributed by atoms with Crippen molar-refractivity contribution in [3.8, 4) is 0 Å². The highest BCUT2D eigenvalue weighted by atomic mass is 32.2. The molecule has 0 N–H and O–H groups in total. The third kappa shape index (κ3) is 3.67. The Morgan fingerprint density at radius 1 is 1.04 bits per heavy atom. The van der Waals surface area contributed by atoms with Crippen LogP contribution in [0.5, 0.6) is 0 Å². The number of sulfonamides is 1. The number of hydrogen-bond acceptors (Lipinski definition) is 4. The van der Waals surface area contributed by atoms with Gasteiger partial charge in [-0.25, -0.2) is 12.7 Å². The van der Waals surface area contributed by atoms with Crippen molar-refractivity contribution in [1.82, 2.24) is 4.31 Å². The van der Waals surface area contributed by atoms with Crippen LogP contribution in [0.3, 0.4) is 0 Å². The van der Waals surface area contributed by atoms with Crippen molar-refractivity contribution >= 4 is 10.0 Å². The Kier molecular flexibility index (Phi) is 4.93. The molecule has 4 fully saturated rings. The minimum absolute atomic E-state index is 0.0805. The minimum atomic E-state index is -3.00. The van der Waals surface area contributed by atoms with E-state index in [9.17, 15) is 8.42 Å². The SMILES string of the molecule is O=S(=O)(C1CC1)N1CCC2(CC1)CO[C@@H](COCC1CCCC1)C2. The first-order valence-corrected chi connectivity index (χ1v) is 11.3. The predicted molar refractivity (Wildman–Crippen MR) is 92.3 cm³/mol. The van der Waals surface area contributed by atoms with Gasteiger partial charge in [0.15, 0.2) is 0 Å². The summed E-state index contributed by atoms with van der Waals surface area (Å²) in [5, 5.41) is -0.0805. The second-order valence-corrected chi connectivity index (χ2v) is 10.7. The lowest BCUT2D eigenvalue weighted by molar-refractivity contribution is 0.00322. The fraction of sp³-hybridized carbons (Fsp3) is 1.00. The fourth-order valence-electron chi connectivity index (χ4n) is 4.69. The van der Waals surface area contributed by atoms with E-state index in [2.05, 4.69) is 0 Å². The molecule has 0 aromatic carbocycles. The highest BCUT2D eigenvalue weighted by Crippen LogP contribution is 2.44. The van der Waals surface area contributed by atoms with Gasteiger partial charge in [-0.1, -0.05) is 12.8 Å². The summed E-state index contributed by atoms with van der Waals surface area (Å²) in [6.07, 6.45) is 10.2. The van der Waals surface area contributed by atoms with Crippen molar-refractivity contribution in [1.29, 1.82) is 0 Å². The van der Waals surface area contributed by atoms with E-state index in [4.69, 9.17) is 9.47 Å². The summed E-state index contributed by atoms with van der Waals surface area (Å²) in [5.74, 6) is 0.760. The molecule has 0 aromatic heterocycles. The average molecular weight is 358 g/mol. The minimum Gasteiger partial charge on any atom is -0.378 e. The monoisotopic (exact) mass is 357 g/mol. The molecule has 2 heterocycles. The maximum absolute atomic E-state index is 12.4. The number of piperidine rings is 1. The maximum Gasteiger partial charge on any atom is 0.216 e. The average Bonchev–Trinajstić information content (AvgIpc) is 3.20. The summed E-state index contributed by atoms with van der Waals surface area (Å²) in [6.45, 7) is 3.74. The molecule has 0 amide bonds. The Hall–Kier alpha value is -0.170. The summed E-state index contributed by atoms with van der Waals surface area (Å²) in [5.41, 5.74) is 0.191. The summed E-state index contributed by atoms with van der Waals surface area (Å²) in [7, 11) is -3.00. The number of ether oxygens (including phenoxy) is 2. The van der Waals surface area contributed by atoms with Crippen LogP contribution in [0.4, 0.5) is 0 Å². The van der Waals surface area contributed by atoms with Gasteiger partial charge in [0.1, 0.15) is 0 Å². The van der Waals surface area contributed by atoms with E-state index in [1.807, 2.05) is 0 Å². The molecule has 138 valence electrons. The number of hydrogen-bond donors (Lipinski definition) is 0. The van der Waals surface area contributed by atoms with Crippen molar-refractivity contribution in [3.63, 3.8) is 0 Å². The van der Waals surface area contributed by atoms with Crippen LogP contribution in [0.1, 0.15) is 57.8 Å². The zero-order chi connectivity index (χ0) is 16.6. The summed E-state index contributed by atoms with van der Waals surface area (Å²) < 4.78 is 38.4. The molecule has 0 aromatic rings. The van der Waals surface area contributed by atoms with E-state index in [0.29, 0.717) is 19.7 Å². The van der Waals surface area contributed by atoms with Crippen LogP contribution in [0.2, 0.25) is 0 Å². The molecule has 24 heavy (non-hydrogen) atoms. The fourth-order valence-corrected chi connectivity index (χ4v) is 6.53. The molecule has 5 nitrogen and oxygen atoms in total. The highest BCUT2D eigenvalue weighted by molar-refractivity contribution is 7.90. The van der Waals surface area contributed by atoms with Gasteiger partial charge in [0.05, 0.1) is 24.6 Å². The molecule has 2 saturated heterocycles. The summed E-state index contributed by atoms with van der Waals surface area (Å²) in [4.78, 5) is 0. The lowest BCUT2D eigenvalue weighted by Crippen LogP contribution is -2.44. The van der Waals surface area contributed by atoms with Gasteiger partial charge in [0.2, 0.25) is 10.0 Å². The topological polar surface area (TPSA) is 55.8 Å². The van der Waals surface area contributed by atoms with Crippen molar-refractivity contribution in [2.24, 2.45) is 11.3 Å². The first-order chi connectivity index (χ1) is 11.6. The van der Waals surface area contributed by atoms with Gasteiger partial charge in [0, 0.05) is 19.7 Å². The van der Waals surface area contributed by atoms with Crippen LogP contribution >= 0.6 is 0 Å². The second kappa shape index (κ2) is 6.86. The van der Waals surface area contributed by atoms with E-state index in [0.717, 1.165) is 51.2 Å². The van der Waals surface area contributed by atoms with Gasteiger partial charge < -0.3 is 9.47 Å². The molecule has 4 rings (SSSR count). The molecule has 2 aliphatic heterocycles. The molecule has 2 aliphatic carbocycles. The van der Waals surface area contributed by atoms with Gasteiger partial charge in [0.25, 0.3) is 0 Å². The number of rotatable bonds is 6. The Morgan fingerprint density at radius 3 is 2.42 bits per heavy atom. The Labute approximate surface area is 146 Å². The maximum atomic E-state index is 12.4. The Bertz CT molecular complexity index is 531. The zero-order valence-electron chi connectivity index (χ0n) is 14.6.